The third kappa shape index (κ3) is 3.65. The highest BCUT2D eigenvalue weighted by atomic mass is 16.1. The van der Waals surface area contributed by atoms with Gasteiger partial charge in [0.1, 0.15) is 5.69 Å². The number of fused-ring (bicyclic) bond motifs is 1. The van der Waals surface area contributed by atoms with Gasteiger partial charge in [-0.3, -0.25) is 9.48 Å². The van der Waals surface area contributed by atoms with Gasteiger partial charge in [-0.05, 0) is 18.9 Å². The fourth-order valence-electron chi connectivity index (χ4n) is 2.85. The Bertz CT molecular complexity index is 808. The SMILES string of the molecule is CCCNC(=O)CCCn1nc(-c2ccccc2)c2ccccc21. The number of para-hydroxylation sites is 1. The zero-order chi connectivity index (χ0) is 16.8. The first-order chi connectivity index (χ1) is 11.8. The van der Waals surface area contributed by atoms with E-state index >= 15 is 0 Å². The highest BCUT2D eigenvalue weighted by Crippen LogP contribution is 2.27. The van der Waals surface area contributed by atoms with E-state index in [9.17, 15) is 4.79 Å². The number of aryl methyl sites for hydroxylation is 1. The summed E-state index contributed by atoms with van der Waals surface area (Å²) < 4.78 is 2.02. The lowest BCUT2D eigenvalue weighted by Crippen LogP contribution is -2.23. The van der Waals surface area contributed by atoms with Crippen LogP contribution >= 0.6 is 0 Å². The van der Waals surface area contributed by atoms with Crippen LogP contribution in [-0.2, 0) is 11.3 Å². The lowest BCUT2D eigenvalue weighted by atomic mass is 10.1. The number of carbonyl (C=O) groups is 1. The number of aromatic nitrogens is 2. The molecule has 0 atom stereocenters. The molecule has 0 unspecified atom stereocenters. The van der Waals surface area contributed by atoms with Crippen LogP contribution in [0.2, 0.25) is 0 Å². The van der Waals surface area contributed by atoms with Crippen LogP contribution in [0.3, 0.4) is 0 Å². The van der Waals surface area contributed by atoms with Gasteiger partial charge in [0.05, 0.1) is 5.52 Å². The summed E-state index contributed by atoms with van der Waals surface area (Å²) in [5.41, 5.74) is 3.24. The predicted molar refractivity (Wildman–Crippen MR) is 97.7 cm³/mol. The summed E-state index contributed by atoms with van der Waals surface area (Å²) in [6.45, 7) is 3.55. The Labute approximate surface area is 142 Å². The van der Waals surface area contributed by atoms with Gasteiger partial charge in [0.2, 0.25) is 5.91 Å². The van der Waals surface area contributed by atoms with Crippen molar-refractivity contribution >= 4 is 16.8 Å². The lowest BCUT2D eigenvalue weighted by Gasteiger charge is -2.05. The number of carbonyl (C=O) groups excluding carboxylic acids is 1. The molecule has 0 saturated carbocycles. The zero-order valence-corrected chi connectivity index (χ0v) is 14.0. The minimum atomic E-state index is 0.122. The maximum absolute atomic E-state index is 11.7. The zero-order valence-electron chi connectivity index (χ0n) is 14.0. The van der Waals surface area contributed by atoms with Gasteiger partial charge in [0.15, 0.2) is 0 Å². The molecule has 2 aromatic carbocycles. The van der Waals surface area contributed by atoms with Gasteiger partial charge in [-0.1, -0.05) is 55.5 Å². The second-order valence-corrected chi connectivity index (χ2v) is 5.91. The molecule has 124 valence electrons. The van der Waals surface area contributed by atoms with E-state index in [2.05, 4.69) is 36.5 Å². The first-order valence-corrected chi connectivity index (χ1v) is 8.57. The molecular formula is C20H23N3O. The van der Waals surface area contributed by atoms with E-state index in [1.54, 1.807) is 0 Å². The molecule has 4 nitrogen and oxygen atoms in total. The fraction of sp³-hybridized carbons (Fsp3) is 0.300. The van der Waals surface area contributed by atoms with Crippen LogP contribution < -0.4 is 5.32 Å². The number of nitrogens with one attached hydrogen (secondary N) is 1. The van der Waals surface area contributed by atoms with Crippen LogP contribution in [0.15, 0.2) is 54.6 Å². The van der Waals surface area contributed by atoms with Gasteiger partial charge in [-0.2, -0.15) is 5.10 Å². The predicted octanol–water partition coefficient (Wildman–Crippen LogP) is 4.01. The molecule has 3 rings (SSSR count). The van der Waals surface area contributed by atoms with Gasteiger partial charge < -0.3 is 5.32 Å². The number of nitrogens with zero attached hydrogens (tertiary/aromatic N) is 2. The molecule has 4 heteroatoms. The fourth-order valence-corrected chi connectivity index (χ4v) is 2.85. The molecule has 24 heavy (non-hydrogen) atoms. The lowest BCUT2D eigenvalue weighted by molar-refractivity contribution is -0.121. The van der Waals surface area contributed by atoms with Crippen molar-refractivity contribution in [3.63, 3.8) is 0 Å². The third-order valence-corrected chi connectivity index (χ3v) is 4.05. The number of amides is 1. The highest BCUT2D eigenvalue weighted by molar-refractivity contribution is 5.93. The second kappa shape index (κ2) is 7.77. The van der Waals surface area contributed by atoms with Crippen molar-refractivity contribution in [1.29, 1.82) is 0 Å². The van der Waals surface area contributed by atoms with Crippen molar-refractivity contribution in [1.82, 2.24) is 15.1 Å². The van der Waals surface area contributed by atoms with Gasteiger partial charge >= 0.3 is 0 Å². The molecule has 1 aromatic heterocycles. The number of hydrogen-bond acceptors (Lipinski definition) is 2. The van der Waals surface area contributed by atoms with Crippen molar-refractivity contribution < 1.29 is 4.79 Å². The van der Waals surface area contributed by atoms with E-state index in [1.165, 1.54) is 0 Å². The van der Waals surface area contributed by atoms with Crippen LogP contribution in [0.4, 0.5) is 0 Å². The Hall–Kier alpha value is -2.62. The van der Waals surface area contributed by atoms with E-state index in [0.717, 1.165) is 48.1 Å². The second-order valence-electron chi connectivity index (χ2n) is 5.91. The van der Waals surface area contributed by atoms with Crippen molar-refractivity contribution in [2.24, 2.45) is 0 Å². The molecule has 0 spiro atoms. The maximum atomic E-state index is 11.7. The summed E-state index contributed by atoms with van der Waals surface area (Å²) in [4.78, 5) is 11.7. The van der Waals surface area contributed by atoms with Crippen LogP contribution in [0.1, 0.15) is 26.2 Å². The van der Waals surface area contributed by atoms with Gasteiger partial charge in [-0.25, -0.2) is 0 Å². The summed E-state index contributed by atoms with van der Waals surface area (Å²) in [5, 5.41) is 8.87. The first kappa shape index (κ1) is 16.2. The van der Waals surface area contributed by atoms with E-state index in [1.807, 2.05) is 35.0 Å². The molecule has 0 aliphatic carbocycles. The maximum Gasteiger partial charge on any atom is 0.220 e. The summed E-state index contributed by atoms with van der Waals surface area (Å²) in [7, 11) is 0. The van der Waals surface area contributed by atoms with E-state index in [4.69, 9.17) is 5.10 Å². The minimum Gasteiger partial charge on any atom is -0.356 e. The summed E-state index contributed by atoms with van der Waals surface area (Å²) in [5.74, 6) is 0.122. The molecule has 0 saturated heterocycles. The van der Waals surface area contributed by atoms with Crippen LogP contribution in [0.25, 0.3) is 22.2 Å². The largest absolute Gasteiger partial charge is 0.356 e. The van der Waals surface area contributed by atoms with Gasteiger partial charge in [0, 0.05) is 30.5 Å². The van der Waals surface area contributed by atoms with Crippen molar-refractivity contribution in [2.75, 3.05) is 6.54 Å². The Morgan fingerprint density at radius 2 is 1.83 bits per heavy atom. The Balaban J connectivity index is 1.78. The van der Waals surface area contributed by atoms with Gasteiger partial charge in [0.25, 0.3) is 0 Å². The third-order valence-electron chi connectivity index (χ3n) is 4.05. The Morgan fingerprint density at radius 3 is 2.62 bits per heavy atom. The van der Waals surface area contributed by atoms with Crippen LogP contribution in [0, 0.1) is 0 Å². The standard InChI is InChI=1S/C20H23N3O/c1-2-14-21-19(24)13-8-15-23-18-12-7-6-11-17(18)20(22-23)16-9-4-3-5-10-16/h3-7,9-12H,2,8,13-15H2,1H3,(H,21,24). The molecule has 0 radical (unpaired) electrons. The normalized spacial score (nSPS) is 10.9. The molecule has 1 heterocycles. The summed E-state index contributed by atoms with van der Waals surface area (Å²) in [6, 6.07) is 18.5. The number of hydrogen-bond donors (Lipinski definition) is 1. The molecule has 1 amide bonds. The Morgan fingerprint density at radius 1 is 1.08 bits per heavy atom. The monoisotopic (exact) mass is 321 g/mol. The molecule has 3 aromatic rings. The Kier molecular flexibility index (Phi) is 5.26. The van der Waals surface area contributed by atoms with E-state index in [0.29, 0.717) is 6.42 Å². The van der Waals surface area contributed by atoms with Crippen LogP contribution in [0.5, 0.6) is 0 Å². The average molecular weight is 321 g/mol. The first-order valence-electron chi connectivity index (χ1n) is 8.57. The van der Waals surface area contributed by atoms with Crippen molar-refractivity contribution in [3.05, 3.63) is 54.6 Å². The molecule has 1 N–H and O–H groups in total. The average Bonchev–Trinajstić information content (AvgIpc) is 3.00. The molecule has 0 fully saturated rings. The molecule has 0 aliphatic heterocycles. The summed E-state index contributed by atoms with van der Waals surface area (Å²) >= 11 is 0. The molecule has 0 aliphatic rings. The molecular weight excluding hydrogens is 298 g/mol. The smallest absolute Gasteiger partial charge is 0.220 e. The topological polar surface area (TPSA) is 46.9 Å². The van der Waals surface area contributed by atoms with E-state index < -0.39 is 0 Å². The van der Waals surface area contributed by atoms with Crippen LogP contribution in [-0.4, -0.2) is 22.2 Å². The van der Waals surface area contributed by atoms with Crippen molar-refractivity contribution in [3.8, 4) is 11.3 Å². The van der Waals surface area contributed by atoms with Crippen molar-refractivity contribution in [2.45, 2.75) is 32.7 Å². The van der Waals surface area contributed by atoms with E-state index in [-0.39, 0.29) is 5.91 Å². The van der Waals surface area contributed by atoms with Gasteiger partial charge in [-0.15, -0.1) is 0 Å². The molecule has 0 bridgehead atoms. The quantitative estimate of drug-likeness (QED) is 0.715. The highest BCUT2D eigenvalue weighted by Gasteiger charge is 2.11. The summed E-state index contributed by atoms with van der Waals surface area (Å²) in [6.07, 6.45) is 2.29. The minimum absolute atomic E-state index is 0.122. The number of rotatable bonds is 7. The number of benzene rings is 2.